The molecule has 8 heteroatoms. The average Bonchev–Trinajstić information content (AvgIpc) is 3.42. The second-order valence-corrected chi connectivity index (χ2v) is 8.82. The molecule has 34 heavy (non-hydrogen) atoms. The van der Waals surface area contributed by atoms with Crippen molar-refractivity contribution in [3.63, 3.8) is 0 Å². The summed E-state index contributed by atoms with van der Waals surface area (Å²) < 4.78 is 10.6. The van der Waals surface area contributed by atoms with Gasteiger partial charge in [-0.3, -0.25) is 9.59 Å². The molecule has 2 N–H and O–H groups in total. The number of fused-ring (bicyclic) bond motifs is 3. The molecule has 2 atom stereocenters. The summed E-state index contributed by atoms with van der Waals surface area (Å²) in [5, 5.41) is 12.0. The molecule has 0 spiro atoms. The first-order valence-corrected chi connectivity index (χ1v) is 11.6. The Balaban J connectivity index is 1.31. The van der Waals surface area contributed by atoms with Crippen molar-refractivity contribution in [1.82, 2.24) is 10.2 Å². The Kier molecular flexibility index (Phi) is 7.47. The van der Waals surface area contributed by atoms with Crippen LogP contribution in [0.1, 0.15) is 36.3 Å². The molecular weight excluding hydrogens is 436 g/mol. The van der Waals surface area contributed by atoms with Crippen molar-refractivity contribution in [1.29, 1.82) is 0 Å². The topological polar surface area (TPSA) is 105 Å². The molecule has 8 nitrogen and oxygen atoms in total. The third kappa shape index (κ3) is 5.22. The molecule has 2 aromatic carbocycles. The number of rotatable bonds is 9. The average molecular weight is 467 g/mol. The van der Waals surface area contributed by atoms with Gasteiger partial charge in [0, 0.05) is 31.5 Å². The van der Waals surface area contributed by atoms with E-state index >= 15 is 0 Å². The number of ether oxygens (including phenoxy) is 2. The fourth-order valence-corrected chi connectivity index (χ4v) is 5.03. The number of aliphatic carboxylic acids is 1. The van der Waals surface area contributed by atoms with Gasteiger partial charge in [0.05, 0.1) is 6.61 Å². The second kappa shape index (κ2) is 10.7. The van der Waals surface area contributed by atoms with Gasteiger partial charge in [-0.25, -0.2) is 4.79 Å². The van der Waals surface area contributed by atoms with E-state index in [1.54, 1.807) is 0 Å². The van der Waals surface area contributed by atoms with Crippen LogP contribution >= 0.6 is 0 Å². The van der Waals surface area contributed by atoms with Gasteiger partial charge in [-0.1, -0.05) is 48.5 Å². The zero-order chi connectivity index (χ0) is 24.1. The van der Waals surface area contributed by atoms with E-state index in [4.69, 9.17) is 14.6 Å². The fraction of sp³-hybridized carbons (Fsp3) is 0.423. The Labute approximate surface area is 198 Å². The van der Waals surface area contributed by atoms with Crippen LogP contribution in [0.15, 0.2) is 48.5 Å². The van der Waals surface area contributed by atoms with Crippen LogP contribution in [0, 0.1) is 5.92 Å². The van der Waals surface area contributed by atoms with Crippen molar-refractivity contribution in [3.8, 4) is 11.1 Å². The Morgan fingerprint density at radius 2 is 1.68 bits per heavy atom. The highest BCUT2D eigenvalue weighted by Crippen LogP contribution is 2.44. The van der Waals surface area contributed by atoms with Gasteiger partial charge in [0.1, 0.15) is 13.2 Å². The first-order valence-electron chi connectivity index (χ1n) is 11.6. The standard InChI is InChI=1S/C26H30N2O6/c1-33-13-12-28(15-24(29)30)25(31)17-10-11-18(14-17)27-26(32)34-16-23-21-8-4-2-6-19(21)20-7-3-5-9-22(20)23/h2-9,17-18,23H,10-16H2,1H3,(H,27,32)(H,29,30). The lowest BCUT2D eigenvalue weighted by Crippen LogP contribution is -2.41. The number of carboxylic acids is 1. The van der Waals surface area contributed by atoms with E-state index < -0.39 is 12.1 Å². The minimum atomic E-state index is -1.06. The molecular formula is C26H30N2O6. The molecule has 2 amide bonds. The van der Waals surface area contributed by atoms with E-state index in [-0.39, 0.29) is 50.1 Å². The molecule has 0 aliphatic heterocycles. The highest BCUT2D eigenvalue weighted by Gasteiger charge is 2.35. The maximum Gasteiger partial charge on any atom is 0.407 e. The summed E-state index contributed by atoms with van der Waals surface area (Å²) in [6, 6.07) is 16.1. The summed E-state index contributed by atoms with van der Waals surface area (Å²) in [6.07, 6.45) is 1.20. The summed E-state index contributed by atoms with van der Waals surface area (Å²) >= 11 is 0. The number of carboxylic acid groups (broad SMARTS) is 1. The zero-order valence-electron chi connectivity index (χ0n) is 19.2. The van der Waals surface area contributed by atoms with Gasteiger partial charge in [0.2, 0.25) is 5.91 Å². The minimum Gasteiger partial charge on any atom is -0.480 e. The maximum atomic E-state index is 12.8. The molecule has 0 bridgehead atoms. The number of carbonyl (C=O) groups excluding carboxylic acids is 2. The van der Waals surface area contributed by atoms with Crippen LogP contribution in [-0.4, -0.2) is 67.4 Å². The lowest BCUT2D eigenvalue weighted by atomic mass is 9.98. The molecule has 1 fully saturated rings. The molecule has 2 aromatic rings. The number of hydrogen-bond acceptors (Lipinski definition) is 5. The molecule has 4 rings (SSSR count). The fourth-order valence-electron chi connectivity index (χ4n) is 5.03. The molecule has 2 unspecified atom stereocenters. The molecule has 180 valence electrons. The van der Waals surface area contributed by atoms with Crippen molar-refractivity contribution in [2.24, 2.45) is 5.92 Å². The van der Waals surface area contributed by atoms with Crippen LogP contribution in [0.4, 0.5) is 4.79 Å². The van der Waals surface area contributed by atoms with Crippen molar-refractivity contribution in [2.45, 2.75) is 31.2 Å². The molecule has 2 aliphatic carbocycles. The SMILES string of the molecule is COCCN(CC(=O)O)C(=O)C1CCC(NC(=O)OCC2c3ccccc3-c3ccccc32)C1. The Bertz CT molecular complexity index is 1010. The lowest BCUT2D eigenvalue weighted by molar-refractivity contribution is -0.146. The number of alkyl carbamates (subject to hydrolysis) is 1. The van der Waals surface area contributed by atoms with E-state index in [9.17, 15) is 14.4 Å². The molecule has 0 radical (unpaired) electrons. The molecule has 0 heterocycles. The number of benzene rings is 2. The highest BCUT2D eigenvalue weighted by atomic mass is 16.5. The third-order valence-electron chi connectivity index (χ3n) is 6.65. The number of methoxy groups -OCH3 is 1. The predicted molar refractivity (Wildman–Crippen MR) is 125 cm³/mol. The normalized spacial score (nSPS) is 18.7. The van der Waals surface area contributed by atoms with Crippen molar-refractivity contribution >= 4 is 18.0 Å². The number of hydrogen-bond donors (Lipinski definition) is 2. The molecule has 0 saturated heterocycles. The van der Waals surface area contributed by atoms with E-state index in [1.807, 2.05) is 24.3 Å². The second-order valence-electron chi connectivity index (χ2n) is 8.82. The zero-order valence-corrected chi connectivity index (χ0v) is 19.2. The summed E-state index contributed by atoms with van der Waals surface area (Å²) in [4.78, 5) is 37.8. The van der Waals surface area contributed by atoms with Crippen molar-refractivity contribution in [2.75, 3.05) is 33.4 Å². The molecule has 1 saturated carbocycles. The third-order valence-corrected chi connectivity index (χ3v) is 6.65. The van der Waals surface area contributed by atoms with E-state index in [1.165, 1.54) is 23.1 Å². The van der Waals surface area contributed by atoms with Gasteiger partial charge in [-0.15, -0.1) is 0 Å². The highest BCUT2D eigenvalue weighted by molar-refractivity contribution is 5.83. The molecule has 2 aliphatic rings. The lowest BCUT2D eigenvalue weighted by Gasteiger charge is -2.24. The summed E-state index contributed by atoms with van der Waals surface area (Å²) in [7, 11) is 1.51. The number of nitrogens with zero attached hydrogens (tertiary/aromatic N) is 1. The largest absolute Gasteiger partial charge is 0.480 e. The minimum absolute atomic E-state index is 0.0126. The Morgan fingerprint density at radius 3 is 2.29 bits per heavy atom. The van der Waals surface area contributed by atoms with Crippen molar-refractivity contribution < 1.29 is 29.0 Å². The summed E-state index contributed by atoms with van der Waals surface area (Å²) in [5.74, 6) is -1.61. The quantitative estimate of drug-likeness (QED) is 0.588. The number of amides is 2. The van der Waals surface area contributed by atoms with Gasteiger partial charge in [0.15, 0.2) is 0 Å². The number of carbonyl (C=O) groups is 3. The Hall–Kier alpha value is -3.39. The van der Waals surface area contributed by atoms with Gasteiger partial charge in [0.25, 0.3) is 0 Å². The van der Waals surface area contributed by atoms with Crippen LogP contribution in [0.25, 0.3) is 11.1 Å². The first-order chi connectivity index (χ1) is 16.5. The van der Waals surface area contributed by atoms with Gasteiger partial charge in [-0.05, 0) is 41.5 Å². The van der Waals surface area contributed by atoms with Gasteiger partial charge < -0.3 is 24.8 Å². The van der Waals surface area contributed by atoms with Crippen LogP contribution in [0.5, 0.6) is 0 Å². The van der Waals surface area contributed by atoms with E-state index in [2.05, 4.69) is 29.6 Å². The van der Waals surface area contributed by atoms with Crippen LogP contribution in [0.2, 0.25) is 0 Å². The van der Waals surface area contributed by atoms with E-state index in [0.29, 0.717) is 19.3 Å². The smallest absolute Gasteiger partial charge is 0.407 e. The molecule has 0 aromatic heterocycles. The first kappa shape index (κ1) is 23.8. The van der Waals surface area contributed by atoms with Crippen molar-refractivity contribution in [3.05, 3.63) is 59.7 Å². The Morgan fingerprint density at radius 1 is 1.03 bits per heavy atom. The van der Waals surface area contributed by atoms with Gasteiger partial charge in [-0.2, -0.15) is 0 Å². The van der Waals surface area contributed by atoms with Crippen LogP contribution in [-0.2, 0) is 19.1 Å². The summed E-state index contributed by atoms with van der Waals surface area (Å²) in [6.45, 7) is 0.372. The monoisotopic (exact) mass is 466 g/mol. The van der Waals surface area contributed by atoms with E-state index in [0.717, 1.165) is 11.1 Å². The summed E-state index contributed by atoms with van der Waals surface area (Å²) in [5.41, 5.74) is 4.64. The predicted octanol–water partition coefficient (Wildman–Crippen LogP) is 3.25. The van der Waals surface area contributed by atoms with Gasteiger partial charge >= 0.3 is 12.1 Å². The maximum absolute atomic E-state index is 12.8. The van der Waals surface area contributed by atoms with Crippen LogP contribution < -0.4 is 5.32 Å². The number of nitrogens with one attached hydrogen (secondary N) is 1. The van der Waals surface area contributed by atoms with Crippen LogP contribution in [0.3, 0.4) is 0 Å².